The van der Waals surface area contributed by atoms with Crippen LogP contribution in [0.1, 0.15) is 75.8 Å². The SMILES string of the molecule is CN=C(N)N[C@@H]1C=CC[C@H](O)[C@]12C#C[C@H]1CCC[C@@]3(CNC)C[C@H](CCN3)Oc3cc(c(CO)cc3O)C[C@@H]1[C@H](OC(C)=O)C[C@@H](O)CC2. The molecule has 1 fully saturated rings. The van der Waals surface area contributed by atoms with Crippen LogP contribution in [0.25, 0.3) is 0 Å². The number of aliphatic imine (C=N–C) groups is 1. The Hall–Kier alpha value is -3.34. The van der Waals surface area contributed by atoms with E-state index in [0.717, 1.165) is 44.3 Å². The predicted molar refractivity (Wildman–Crippen MR) is 187 cm³/mol. The summed E-state index contributed by atoms with van der Waals surface area (Å²) < 4.78 is 12.5. The first-order valence-corrected chi connectivity index (χ1v) is 17.7. The Kier molecular flexibility index (Phi) is 12.2. The van der Waals surface area contributed by atoms with Gasteiger partial charge < -0.3 is 51.6 Å². The highest BCUT2D eigenvalue weighted by Crippen LogP contribution is 2.42. The van der Waals surface area contributed by atoms with E-state index in [1.807, 2.05) is 19.2 Å². The average Bonchev–Trinajstić information content (AvgIpc) is 3.06. The number of benzene rings is 1. The zero-order valence-corrected chi connectivity index (χ0v) is 29.1. The number of phenolic OH excluding ortho intramolecular Hbond substituents is 1. The molecular formula is C37H55N5O7. The second-order valence-corrected chi connectivity index (χ2v) is 14.4. The monoisotopic (exact) mass is 681 g/mol. The highest BCUT2D eigenvalue weighted by Gasteiger charge is 2.46. The maximum atomic E-state index is 12.6. The van der Waals surface area contributed by atoms with Crippen LogP contribution in [0.3, 0.4) is 0 Å². The van der Waals surface area contributed by atoms with Gasteiger partial charge in [0, 0.05) is 50.7 Å². The molecule has 12 heteroatoms. The maximum absolute atomic E-state index is 12.6. The van der Waals surface area contributed by atoms with Gasteiger partial charge in [0.2, 0.25) is 0 Å². The van der Waals surface area contributed by atoms with Gasteiger partial charge in [-0.1, -0.05) is 30.4 Å². The van der Waals surface area contributed by atoms with E-state index in [9.17, 15) is 25.2 Å². The molecule has 1 aromatic carbocycles. The van der Waals surface area contributed by atoms with Crippen LogP contribution in [0.2, 0.25) is 0 Å². The van der Waals surface area contributed by atoms with Crippen LogP contribution < -0.4 is 26.4 Å². The molecule has 4 aliphatic rings. The number of hydrogen-bond acceptors (Lipinski definition) is 10. The summed E-state index contributed by atoms with van der Waals surface area (Å²) in [5, 5.41) is 55.0. The molecule has 1 saturated heterocycles. The molecular weight excluding hydrogens is 626 g/mol. The van der Waals surface area contributed by atoms with Crippen molar-refractivity contribution in [3.05, 3.63) is 35.4 Å². The normalized spacial score (nSPS) is 35.2. The molecule has 9 N–H and O–H groups in total. The molecule has 2 aliphatic heterocycles. The minimum Gasteiger partial charge on any atom is -0.504 e. The molecule has 5 rings (SSSR count). The van der Waals surface area contributed by atoms with Crippen molar-refractivity contribution in [2.24, 2.45) is 28.0 Å². The van der Waals surface area contributed by atoms with E-state index in [2.05, 4.69) is 32.8 Å². The van der Waals surface area contributed by atoms with E-state index in [1.165, 1.54) is 6.92 Å². The van der Waals surface area contributed by atoms with E-state index >= 15 is 0 Å². The zero-order valence-electron chi connectivity index (χ0n) is 29.1. The number of piperidine rings is 1. The second-order valence-electron chi connectivity index (χ2n) is 14.4. The number of nitrogens with one attached hydrogen (secondary N) is 3. The molecule has 1 aromatic rings. The van der Waals surface area contributed by atoms with Crippen molar-refractivity contribution in [2.75, 3.05) is 27.2 Å². The summed E-state index contributed by atoms with van der Waals surface area (Å²) in [7, 11) is 3.54. The van der Waals surface area contributed by atoms with E-state index in [1.54, 1.807) is 19.2 Å². The highest BCUT2D eigenvalue weighted by molar-refractivity contribution is 5.78. The van der Waals surface area contributed by atoms with Crippen LogP contribution in [0.5, 0.6) is 11.5 Å². The molecule has 0 aromatic heterocycles. The van der Waals surface area contributed by atoms with Crippen LogP contribution in [0.4, 0.5) is 0 Å². The van der Waals surface area contributed by atoms with Gasteiger partial charge in [0.25, 0.3) is 0 Å². The summed E-state index contributed by atoms with van der Waals surface area (Å²) in [4.78, 5) is 16.7. The summed E-state index contributed by atoms with van der Waals surface area (Å²) >= 11 is 0. The summed E-state index contributed by atoms with van der Waals surface area (Å²) in [5.41, 5.74) is 6.22. The number of nitrogens with zero attached hydrogens (tertiary/aromatic N) is 1. The van der Waals surface area contributed by atoms with Crippen LogP contribution >= 0.6 is 0 Å². The number of guanidine groups is 1. The van der Waals surface area contributed by atoms with Crippen molar-refractivity contribution in [3.8, 4) is 23.3 Å². The fourth-order valence-corrected chi connectivity index (χ4v) is 8.49. The molecule has 0 amide bonds. The van der Waals surface area contributed by atoms with Crippen molar-refractivity contribution in [2.45, 2.75) is 114 Å². The lowest BCUT2D eigenvalue weighted by molar-refractivity contribution is -0.152. The van der Waals surface area contributed by atoms with Crippen molar-refractivity contribution in [1.29, 1.82) is 0 Å². The number of fused-ring (bicyclic) bond motifs is 5. The Morgan fingerprint density at radius 1 is 1.24 bits per heavy atom. The summed E-state index contributed by atoms with van der Waals surface area (Å²) in [6.45, 7) is 2.56. The Balaban J connectivity index is 1.68. The van der Waals surface area contributed by atoms with Gasteiger partial charge in [0.05, 0.1) is 30.3 Å². The molecule has 0 saturated carbocycles. The van der Waals surface area contributed by atoms with Crippen molar-refractivity contribution >= 4 is 11.9 Å². The number of phenols is 1. The Morgan fingerprint density at radius 2 is 2.06 bits per heavy atom. The fourth-order valence-electron chi connectivity index (χ4n) is 8.49. The van der Waals surface area contributed by atoms with Gasteiger partial charge in [0.1, 0.15) is 12.2 Å². The summed E-state index contributed by atoms with van der Waals surface area (Å²) in [5.74, 6) is 6.57. The van der Waals surface area contributed by atoms with Gasteiger partial charge in [-0.3, -0.25) is 9.79 Å². The molecule has 49 heavy (non-hydrogen) atoms. The maximum Gasteiger partial charge on any atom is 0.302 e. The fraction of sp³-hybridized carbons (Fsp3) is 0.676. The van der Waals surface area contributed by atoms with E-state index in [-0.39, 0.29) is 48.2 Å². The molecule has 2 heterocycles. The highest BCUT2D eigenvalue weighted by atomic mass is 16.5. The Morgan fingerprint density at radius 3 is 2.80 bits per heavy atom. The molecule has 270 valence electrons. The molecule has 0 unspecified atom stereocenters. The number of carbonyl (C=O) groups is 1. The number of rotatable bonds is 5. The smallest absolute Gasteiger partial charge is 0.302 e. The minimum absolute atomic E-state index is 0.0376. The van der Waals surface area contributed by atoms with Crippen LogP contribution in [0, 0.1) is 29.1 Å². The van der Waals surface area contributed by atoms with Crippen molar-refractivity contribution in [3.63, 3.8) is 0 Å². The van der Waals surface area contributed by atoms with Gasteiger partial charge >= 0.3 is 5.97 Å². The standard InChI is InChI=1S/C37H55N5O7/c1-23(44)48-31-19-27(45)10-14-37(33(42-35(38)40-3)7-4-8-34(37)47)13-9-24-6-5-12-36(22-39-2)20-28(11-15-41-36)49-32-18-25(16-29(24)31)26(21-43)17-30(32)46/h4,7,17-18,24,27-29,31,33-34,39,41,43,45-47H,5-6,8,10-12,14-16,19-22H2,1-3H3,(H3,38,40,42)/t24-,27+,28+,29+,31-,33-,34+,36+,37+/m1/s1. The van der Waals surface area contributed by atoms with Crippen molar-refractivity contribution < 1.29 is 34.7 Å². The van der Waals surface area contributed by atoms with Crippen molar-refractivity contribution in [1.82, 2.24) is 16.0 Å². The number of hydrogen-bond donors (Lipinski definition) is 8. The van der Waals surface area contributed by atoms with Gasteiger partial charge in [-0.2, -0.15) is 0 Å². The number of nitrogens with two attached hydrogens (primary N) is 1. The van der Waals surface area contributed by atoms with E-state index in [4.69, 9.17) is 15.2 Å². The second kappa shape index (κ2) is 16.1. The third kappa shape index (κ3) is 8.52. The van der Waals surface area contributed by atoms with E-state index in [0.29, 0.717) is 43.4 Å². The van der Waals surface area contributed by atoms with Gasteiger partial charge in [-0.25, -0.2) is 0 Å². The minimum atomic E-state index is -0.966. The van der Waals surface area contributed by atoms with Crippen LogP contribution in [-0.4, -0.2) is 95.5 Å². The van der Waals surface area contributed by atoms with E-state index < -0.39 is 35.7 Å². The number of likely N-dealkylation sites (N-methyl/N-ethyl adjacent to an activating group) is 1. The quantitative estimate of drug-likeness (QED) is 0.0741. The number of carbonyl (C=O) groups excluding carboxylic acids is 1. The Labute approximate surface area is 289 Å². The largest absolute Gasteiger partial charge is 0.504 e. The van der Waals surface area contributed by atoms with Crippen LogP contribution in [0.15, 0.2) is 29.3 Å². The average molecular weight is 682 g/mol. The third-order valence-corrected chi connectivity index (χ3v) is 11.1. The number of ether oxygens (including phenoxy) is 2. The molecule has 2 aliphatic carbocycles. The van der Waals surface area contributed by atoms with Gasteiger partial charge in [-0.05, 0) is 81.8 Å². The topological polar surface area (TPSA) is 191 Å². The number of aliphatic hydroxyl groups excluding tert-OH is 3. The number of esters is 1. The molecule has 9 atom stereocenters. The lowest BCUT2D eigenvalue weighted by Gasteiger charge is -2.43. The Bertz CT molecular complexity index is 1440. The molecule has 12 nitrogen and oxygen atoms in total. The summed E-state index contributed by atoms with van der Waals surface area (Å²) in [6.07, 6.45) is 6.89. The van der Waals surface area contributed by atoms with Crippen LogP contribution in [-0.2, 0) is 22.6 Å². The first-order valence-electron chi connectivity index (χ1n) is 17.7. The molecule has 4 bridgehead atoms. The molecule has 1 spiro atoms. The third-order valence-electron chi connectivity index (χ3n) is 11.1. The number of aromatic hydroxyl groups is 1. The zero-order chi connectivity index (χ0) is 35.2. The molecule has 0 radical (unpaired) electrons. The number of aliphatic hydroxyl groups is 3. The predicted octanol–water partition coefficient (Wildman–Crippen LogP) is 1.62. The van der Waals surface area contributed by atoms with Gasteiger partial charge in [0.15, 0.2) is 17.5 Å². The summed E-state index contributed by atoms with van der Waals surface area (Å²) in [6, 6.07) is 2.91. The lowest BCUT2D eigenvalue weighted by atomic mass is 9.66. The first-order chi connectivity index (χ1) is 23.5. The lowest BCUT2D eigenvalue weighted by Crippen LogP contribution is -2.58. The van der Waals surface area contributed by atoms with Gasteiger partial charge in [-0.15, -0.1) is 0 Å². The first kappa shape index (κ1) is 36.9.